The molecule has 5 nitrogen and oxygen atoms in total. The predicted octanol–water partition coefficient (Wildman–Crippen LogP) is 10.8. The topological polar surface area (TPSA) is 55.6 Å². The van der Waals surface area contributed by atoms with Crippen LogP contribution in [0.25, 0.3) is 66.4 Å². The molecule has 6 aromatic carbocycles. The maximum Gasteiger partial charge on any atom is 0.227 e. The van der Waals surface area contributed by atoms with E-state index in [0.29, 0.717) is 11.5 Å². The van der Waals surface area contributed by atoms with Crippen LogP contribution in [0.1, 0.15) is 0 Å². The number of benzene rings is 6. The molecule has 42 heavy (non-hydrogen) atoms. The van der Waals surface area contributed by atoms with Crippen molar-refractivity contribution in [3.63, 3.8) is 0 Å². The van der Waals surface area contributed by atoms with Gasteiger partial charge in [0.15, 0.2) is 5.58 Å². The SMILES string of the molecule is c1ccc(-c2nc3c(o2)c(N(c2ccccc2)c2cccc4oc5ccccc5c24)cc2oc4ccccc4c23)cc1. The van der Waals surface area contributed by atoms with E-state index >= 15 is 0 Å². The van der Waals surface area contributed by atoms with Gasteiger partial charge in [0.25, 0.3) is 0 Å². The molecule has 3 aromatic heterocycles. The predicted molar refractivity (Wildman–Crippen MR) is 169 cm³/mol. The Morgan fingerprint density at radius 3 is 1.86 bits per heavy atom. The Kier molecular flexibility index (Phi) is 4.83. The minimum absolute atomic E-state index is 0.560. The van der Waals surface area contributed by atoms with Crippen LogP contribution in [0.15, 0.2) is 147 Å². The second kappa shape index (κ2) is 8.85. The highest BCUT2D eigenvalue weighted by Crippen LogP contribution is 2.48. The number of hydrogen-bond donors (Lipinski definition) is 0. The van der Waals surface area contributed by atoms with Crippen molar-refractivity contribution in [1.29, 1.82) is 0 Å². The van der Waals surface area contributed by atoms with Gasteiger partial charge in [0.2, 0.25) is 5.89 Å². The molecule has 9 rings (SSSR count). The summed E-state index contributed by atoms with van der Waals surface area (Å²) in [5.74, 6) is 0.560. The molecule has 0 aliphatic carbocycles. The van der Waals surface area contributed by atoms with Gasteiger partial charge in [0.05, 0.1) is 22.1 Å². The Hall–Kier alpha value is -5.81. The average Bonchev–Trinajstić information content (AvgIpc) is 3.75. The zero-order chi connectivity index (χ0) is 27.6. The summed E-state index contributed by atoms with van der Waals surface area (Å²) in [6.45, 7) is 0. The highest BCUT2D eigenvalue weighted by Gasteiger charge is 2.26. The number of furan rings is 2. The van der Waals surface area contributed by atoms with Gasteiger partial charge in [-0.1, -0.05) is 78.9 Å². The van der Waals surface area contributed by atoms with Gasteiger partial charge in [0, 0.05) is 28.1 Å². The van der Waals surface area contributed by atoms with Gasteiger partial charge in [-0.15, -0.1) is 0 Å². The van der Waals surface area contributed by atoms with Crippen molar-refractivity contribution in [2.24, 2.45) is 0 Å². The maximum atomic E-state index is 6.70. The molecule has 0 unspecified atom stereocenters. The second-order valence-corrected chi connectivity index (χ2v) is 10.3. The largest absolute Gasteiger partial charge is 0.456 e. The highest BCUT2D eigenvalue weighted by molar-refractivity contribution is 6.21. The molecule has 0 atom stereocenters. The first-order chi connectivity index (χ1) is 20.8. The lowest BCUT2D eigenvalue weighted by Gasteiger charge is -2.26. The first-order valence-corrected chi connectivity index (χ1v) is 13.9. The van der Waals surface area contributed by atoms with Crippen LogP contribution in [0.4, 0.5) is 17.1 Å². The van der Waals surface area contributed by atoms with E-state index in [1.165, 1.54) is 0 Å². The Balaban J connectivity index is 1.43. The number of para-hydroxylation sites is 3. The second-order valence-electron chi connectivity index (χ2n) is 10.3. The zero-order valence-electron chi connectivity index (χ0n) is 22.3. The molecule has 0 saturated heterocycles. The van der Waals surface area contributed by atoms with Crippen LogP contribution in [0, 0.1) is 0 Å². The van der Waals surface area contributed by atoms with Gasteiger partial charge >= 0.3 is 0 Å². The fraction of sp³-hybridized carbons (Fsp3) is 0. The van der Waals surface area contributed by atoms with Crippen LogP contribution in [0.3, 0.4) is 0 Å². The molecule has 0 aliphatic heterocycles. The summed E-state index contributed by atoms with van der Waals surface area (Å²) >= 11 is 0. The van der Waals surface area contributed by atoms with Gasteiger partial charge in [-0.05, 0) is 48.5 Å². The smallest absolute Gasteiger partial charge is 0.227 e. The van der Waals surface area contributed by atoms with Crippen molar-refractivity contribution in [2.75, 3.05) is 4.90 Å². The average molecular weight is 543 g/mol. The van der Waals surface area contributed by atoms with E-state index in [-0.39, 0.29) is 0 Å². The summed E-state index contributed by atoms with van der Waals surface area (Å²) in [6, 6.07) is 44.8. The molecular weight excluding hydrogens is 520 g/mol. The Labute approximate surface area is 239 Å². The van der Waals surface area contributed by atoms with Crippen LogP contribution in [0.5, 0.6) is 0 Å². The van der Waals surface area contributed by atoms with Crippen molar-refractivity contribution < 1.29 is 13.3 Å². The number of rotatable bonds is 4. The third-order valence-electron chi connectivity index (χ3n) is 7.88. The maximum absolute atomic E-state index is 6.70. The quantitative estimate of drug-likeness (QED) is 0.221. The monoisotopic (exact) mass is 542 g/mol. The van der Waals surface area contributed by atoms with Crippen molar-refractivity contribution >= 4 is 72.0 Å². The van der Waals surface area contributed by atoms with E-state index in [4.69, 9.17) is 18.2 Å². The van der Waals surface area contributed by atoms with Crippen molar-refractivity contribution in [2.45, 2.75) is 0 Å². The number of nitrogens with zero attached hydrogens (tertiary/aromatic N) is 2. The van der Waals surface area contributed by atoms with E-state index < -0.39 is 0 Å². The molecule has 0 saturated carbocycles. The summed E-state index contributed by atoms with van der Waals surface area (Å²) in [7, 11) is 0. The van der Waals surface area contributed by atoms with Crippen molar-refractivity contribution in [3.05, 3.63) is 133 Å². The fourth-order valence-electron chi connectivity index (χ4n) is 6.06. The molecule has 0 aliphatic rings. The molecule has 3 heterocycles. The van der Waals surface area contributed by atoms with E-state index in [9.17, 15) is 0 Å². The Bertz CT molecular complexity index is 2420. The number of oxazole rings is 1. The minimum Gasteiger partial charge on any atom is -0.456 e. The molecule has 0 N–H and O–H groups in total. The van der Waals surface area contributed by atoms with E-state index in [1.807, 2.05) is 97.1 Å². The molecule has 0 spiro atoms. The number of aromatic nitrogens is 1. The van der Waals surface area contributed by atoms with E-state index in [1.54, 1.807) is 0 Å². The van der Waals surface area contributed by atoms with Gasteiger partial charge in [-0.3, -0.25) is 0 Å². The molecule has 198 valence electrons. The van der Waals surface area contributed by atoms with E-state index in [2.05, 4.69) is 41.3 Å². The van der Waals surface area contributed by atoms with Gasteiger partial charge in [-0.2, -0.15) is 0 Å². The van der Waals surface area contributed by atoms with Crippen LogP contribution >= 0.6 is 0 Å². The molecule has 5 heteroatoms. The van der Waals surface area contributed by atoms with Crippen molar-refractivity contribution in [1.82, 2.24) is 4.98 Å². The lowest BCUT2D eigenvalue weighted by Crippen LogP contribution is -2.10. The lowest BCUT2D eigenvalue weighted by atomic mass is 10.1. The lowest BCUT2D eigenvalue weighted by molar-refractivity contribution is 0.619. The number of hydrogen-bond acceptors (Lipinski definition) is 5. The van der Waals surface area contributed by atoms with Gasteiger partial charge in [0.1, 0.15) is 27.8 Å². The molecule has 0 amide bonds. The highest BCUT2D eigenvalue weighted by atomic mass is 16.4. The summed E-state index contributed by atoms with van der Waals surface area (Å²) in [6.07, 6.45) is 0. The summed E-state index contributed by atoms with van der Waals surface area (Å²) in [5, 5.41) is 4.02. The van der Waals surface area contributed by atoms with Gasteiger partial charge < -0.3 is 18.2 Å². The third-order valence-corrected chi connectivity index (χ3v) is 7.88. The molecule has 9 aromatic rings. The van der Waals surface area contributed by atoms with Crippen LogP contribution in [0.2, 0.25) is 0 Å². The first kappa shape index (κ1) is 22.9. The number of anilines is 3. The zero-order valence-corrected chi connectivity index (χ0v) is 22.3. The van der Waals surface area contributed by atoms with Crippen LogP contribution in [-0.4, -0.2) is 4.98 Å². The summed E-state index contributed by atoms with van der Waals surface area (Å²) < 4.78 is 19.4. The molecular formula is C37H22N2O3. The van der Waals surface area contributed by atoms with Crippen LogP contribution in [-0.2, 0) is 0 Å². The Morgan fingerprint density at radius 2 is 1.10 bits per heavy atom. The Morgan fingerprint density at radius 1 is 0.476 bits per heavy atom. The van der Waals surface area contributed by atoms with Crippen molar-refractivity contribution in [3.8, 4) is 11.5 Å². The normalized spacial score (nSPS) is 11.8. The van der Waals surface area contributed by atoms with Gasteiger partial charge in [-0.25, -0.2) is 4.98 Å². The van der Waals surface area contributed by atoms with Crippen LogP contribution < -0.4 is 4.90 Å². The standard InChI is InChI=1S/C37H22N2O3/c1-3-12-23(13-4-1)37-38-35-34-26-17-8-10-20-30(26)41-32(34)22-28(36(35)42-37)39(24-14-5-2-6-15-24)27-18-11-21-31-33(27)25-16-7-9-19-29(25)40-31/h1-22H. The summed E-state index contributed by atoms with van der Waals surface area (Å²) in [5.41, 5.74) is 8.35. The third kappa shape index (κ3) is 3.34. The first-order valence-electron chi connectivity index (χ1n) is 13.9. The van der Waals surface area contributed by atoms with E-state index in [0.717, 1.165) is 72.0 Å². The minimum atomic E-state index is 0.560. The number of fused-ring (bicyclic) bond motifs is 8. The molecule has 0 radical (unpaired) electrons. The summed E-state index contributed by atoms with van der Waals surface area (Å²) in [4.78, 5) is 7.32. The molecule has 0 bridgehead atoms. The molecule has 0 fully saturated rings. The fourth-order valence-corrected chi connectivity index (χ4v) is 6.06.